The summed E-state index contributed by atoms with van der Waals surface area (Å²) in [6, 6.07) is 0.517. The number of aromatic hydroxyl groups is 1. The molecule has 0 bridgehead atoms. The molecule has 0 unspecified atom stereocenters. The van der Waals surface area contributed by atoms with Gasteiger partial charge in [-0.25, -0.2) is 0 Å². The SMILES string of the molecule is Oc1c(C(F)(F)F)ccc(C(F)(F)F)c1CBr. The van der Waals surface area contributed by atoms with Crippen molar-refractivity contribution >= 4 is 15.9 Å². The predicted molar refractivity (Wildman–Crippen MR) is 50.7 cm³/mol. The van der Waals surface area contributed by atoms with Gasteiger partial charge in [-0.2, -0.15) is 26.3 Å². The molecule has 0 aliphatic rings. The zero-order valence-electron chi connectivity index (χ0n) is 7.95. The van der Waals surface area contributed by atoms with Crippen LogP contribution in [0.1, 0.15) is 16.7 Å². The molecular weight excluding hydrogens is 318 g/mol. The molecule has 0 aromatic heterocycles. The van der Waals surface area contributed by atoms with Crippen molar-refractivity contribution in [3.8, 4) is 5.75 Å². The van der Waals surface area contributed by atoms with Crippen molar-refractivity contribution in [2.24, 2.45) is 0 Å². The lowest BCUT2D eigenvalue weighted by atomic mass is 10.0. The predicted octanol–water partition coefficient (Wildman–Crippen LogP) is 4.32. The van der Waals surface area contributed by atoms with Crippen LogP contribution in [0.5, 0.6) is 5.75 Å². The van der Waals surface area contributed by atoms with Crippen molar-refractivity contribution in [3.63, 3.8) is 0 Å². The molecule has 0 fully saturated rings. The van der Waals surface area contributed by atoms with E-state index in [9.17, 15) is 31.4 Å². The largest absolute Gasteiger partial charge is 0.507 e. The molecule has 0 radical (unpaired) electrons. The van der Waals surface area contributed by atoms with Crippen LogP contribution < -0.4 is 0 Å². The Morgan fingerprint density at radius 3 is 1.71 bits per heavy atom. The minimum absolute atomic E-state index is 0.213. The van der Waals surface area contributed by atoms with Gasteiger partial charge in [0, 0.05) is 10.9 Å². The third kappa shape index (κ3) is 2.85. The van der Waals surface area contributed by atoms with Crippen LogP contribution in [0.15, 0.2) is 12.1 Å². The first kappa shape index (κ1) is 14.1. The van der Waals surface area contributed by atoms with Crippen LogP contribution in [0, 0.1) is 0 Å². The number of rotatable bonds is 1. The zero-order chi connectivity index (χ0) is 13.4. The Hall–Kier alpha value is -0.920. The molecule has 0 saturated carbocycles. The summed E-state index contributed by atoms with van der Waals surface area (Å²) in [7, 11) is 0. The quantitative estimate of drug-likeness (QED) is 0.603. The van der Waals surface area contributed by atoms with Crippen LogP contribution >= 0.6 is 15.9 Å². The van der Waals surface area contributed by atoms with Gasteiger partial charge in [0.2, 0.25) is 0 Å². The molecule has 0 atom stereocenters. The topological polar surface area (TPSA) is 20.2 Å². The standard InChI is InChI=1S/C9H5BrF6O/c10-3-4-5(8(11,12)13)1-2-6(7(4)17)9(14,15)16/h1-2,17H,3H2. The minimum atomic E-state index is -4.90. The maximum atomic E-state index is 12.4. The first-order valence-corrected chi connectivity index (χ1v) is 5.26. The Labute approximate surface area is 100 Å². The third-order valence-corrected chi connectivity index (χ3v) is 2.59. The third-order valence-electron chi connectivity index (χ3n) is 2.03. The van der Waals surface area contributed by atoms with Gasteiger partial charge in [-0.05, 0) is 12.1 Å². The fourth-order valence-corrected chi connectivity index (χ4v) is 1.83. The van der Waals surface area contributed by atoms with E-state index in [-0.39, 0.29) is 6.07 Å². The van der Waals surface area contributed by atoms with Crippen molar-refractivity contribution < 1.29 is 31.4 Å². The van der Waals surface area contributed by atoms with Crippen molar-refractivity contribution in [1.82, 2.24) is 0 Å². The molecule has 1 N–H and O–H groups in total. The van der Waals surface area contributed by atoms with Gasteiger partial charge in [0.25, 0.3) is 0 Å². The number of hydrogen-bond acceptors (Lipinski definition) is 1. The average molecular weight is 323 g/mol. The van der Waals surface area contributed by atoms with E-state index < -0.39 is 40.1 Å². The second-order valence-electron chi connectivity index (χ2n) is 3.12. The lowest BCUT2D eigenvalue weighted by Gasteiger charge is -2.16. The Balaban J connectivity index is 3.49. The summed E-state index contributed by atoms with van der Waals surface area (Å²) in [6.45, 7) is 0. The second kappa shape index (κ2) is 4.40. The monoisotopic (exact) mass is 322 g/mol. The highest BCUT2D eigenvalue weighted by Gasteiger charge is 2.40. The van der Waals surface area contributed by atoms with Crippen LogP contribution in [-0.2, 0) is 17.7 Å². The molecule has 96 valence electrons. The Bertz CT molecular complexity index is 423. The van der Waals surface area contributed by atoms with Crippen LogP contribution in [0.25, 0.3) is 0 Å². The van der Waals surface area contributed by atoms with Gasteiger partial charge in [-0.1, -0.05) is 15.9 Å². The van der Waals surface area contributed by atoms with Gasteiger partial charge in [0.15, 0.2) is 0 Å². The van der Waals surface area contributed by atoms with E-state index in [1.54, 1.807) is 0 Å². The average Bonchev–Trinajstić information content (AvgIpc) is 2.13. The maximum Gasteiger partial charge on any atom is 0.419 e. The maximum absolute atomic E-state index is 12.4. The summed E-state index contributed by atoms with van der Waals surface area (Å²) in [5, 5.41) is 8.69. The lowest BCUT2D eigenvalue weighted by Crippen LogP contribution is -2.12. The van der Waals surface area contributed by atoms with Gasteiger partial charge in [-0.15, -0.1) is 0 Å². The number of hydrogen-bond donors (Lipinski definition) is 1. The molecule has 17 heavy (non-hydrogen) atoms. The van der Waals surface area contributed by atoms with E-state index in [1.807, 2.05) is 0 Å². The zero-order valence-corrected chi connectivity index (χ0v) is 9.54. The highest BCUT2D eigenvalue weighted by atomic mass is 79.9. The first-order valence-electron chi connectivity index (χ1n) is 4.14. The highest BCUT2D eigenvalue weighted by Crippen LogP contribution is 2.43. The van der Waals surface area contributed by atoms with Crippen molar-refractivity contribution in [2.45, 2.75) is 17.7 Å². The first-order chi connectivity index (χ1) is 7.59. The highest BCUT2D eigenvalue weighted by molar-refractivity contribution is 9.08. The van der Waals surface area contributed by atoms with E-state index >= 15 is 0 Å². The summed E-state index contributed by atoms with van der Waals surface area (Å²) in [4.78, 5) is 0. The molecule has 0 saturated heterocycles. The van der Waals surface area contributed by atoms with Gasteiger partial charge in [0.05, 0.1) is 11.1 Å². The molecule has 1 rings (SSSR count). The van der Waals surface area contributed by atoms with E-state index in [0.717, 1.165) is 0 Å². The van der Waals surface area contributed by atoms with Crippen LogP contribution in [-0.4, -0.2) is 5.11 Å². The number of alkyl halides is 7. The minimum Gasteiger partial charge on any atom is -0.507 e. The summed E-state index contributed by atoms with van der Waals surface area (Å²) in [5.74, 6) is -1.40. The van der Waals surface area contributed by atoms with Crippen LogP contribution in [0.4, 0.5) is 26.3 Å². The molecule has 1 aromatic rings. The number of phenolic OH excluding ortho intramolecular Hbond substituents is 1. The molecule has 8 heteroatoms. The molecule has 0 amide bonds. The van der Waals surface area contributed by atoms with Crippen molar-refractivity contribution in [3.05, 3.63) is 28.8 Å². The molecule has 1 aromatic carbocycles. The molecule has 0 aliphatic carbocycles. The summed E-state index contributed by atoms with van der Waals surface area (Å²) < 4.78 is 74.3. The van der Waals surface area contributed by atoms with E-state index in [4.69, 9.17) is 0 Å². The van der Waals surface area contributed by atoms with E-state index in [0.29, 0.717) is 6.07 Å². The van der Waals surface area contributed by atoms with Crippen LogP contribution in [0.3, 0.4) is 0 Å². The van der Waals surface area contributed by atoms with Gasteiger partial charge < -0.3 is 5.11 Å². The molecule has 0 heterocycles. The molecular formula is C9H5BrF6O. The number of halogens is 7. The normalized spacial score (nSPS) is 12.9. The molecule has 1 nitrogen and oxygen atoms in total. The Morgan fingerprint density at radius 2 is 1.35 bits per heavy atom. The Morgan fingerprint density at radius 1 is 0.941 bits per heavy atom. The lowest BCUT2D eigenvalue weighted by molar-refractivity contribution is -0.142. The van der Waals surface area contributed by atoms with Gasteiger partial charge in [0.1, 0.15) is 5.75 Å². The number of benzene rings is 1. The van der Waals surface area contributed by atoms with E-state index in [1.165, 1.54) is 0 Å². The van der Waals surface area contributed by atoms with Crippen LogP contribution in [0.2, 0.25) is 0 Å². The summed E-state index contributed by atoms with van der Waals surface area (Å²) in [6.07, 6.45) is -9.71. The van der Waals surface area contributed by atoms with Crippen molar-refractivity contribution in [1.29, 1.82) is 0 Å². The van der Waals surface area contributed by atoms with Crippen molar-refractivity contribution in [2.75, 3.05) is 0 Å². The summed E-state index contributed by atoms with van der Waals surface area (Å²) in [5.41, 5.74) is -3.60. The molecule has 0 spiro atoms. The number of phenols is 1. The van der Waals surface area contributed by atoms with Gasteiger partial charge >= 0.3 is 12.4 Å². The Kier molecular flexibility index (Phi) is 3.66. The summed E-state index contributed by atoms with van der Waals surface area (Å²) >= 11 is 2.63. The smallest absolute Gasteiger partial charge is 0.419 e. The fourth-order valence-electron chi connectivity index (χ4n) is 1.27. The molecule has 0 aliphatic heterocycles. The van der Waals surface area contributed by atoms with E-state index in [2.05, 4.69) is 15.9 Å². The van der Waals surface area contributed by atoms with Gasteiger partial charge in [-0.3, -0.25) is 0 Å². The second-order valence-corrected chi connectivity index (χ2v) is 3.68. The fraction of sp³-hybridized carbons (Fsp3) is 0.333.